The molecular formula is C16H19NO3S. The third-order valence-corrected chi connectivity index (χ3v) is 4.34. The van der Waals surface area contributed by atoms with E-state index in [1.807, 2.05) is 30.3 Å². The van der Waals surface area contributed by atoms with Crippen LogP contribution in [0.4, 0.5) is 5.69 Å². The molecule has 4 nitrogen and oxygen atoms in total. The summed E-state index contributed by atoms with van der Waals surface area (Å²) in [5, 5.41) is 13.2. The lowest BCUT2D eigenvalue weighted by Gasteiger charge is -2.12. The molecular weight excluding hydrogens is 286 g/mol. The van der Waals surface area contributed by atoms with Gasteiger partial charge in [0.2, 0.25) is 0 Å². The van der Waals surface area contributed by atoms with Gasteiger partial charge < -0.3 is 10.4 Å². The number of rotatable bonds is 6. The SMILES string of the molecule is CS(=O)(=O)c1ccc(NCCC(O)c2ccccc2)cc1. The van der Waals surface area contributed by atoms with Crippen molar-refractivity contribution < 1.29 is 13.5 Å². The molecule has 5 heteroatoms. The maximum absolute atomic E-state index is 11.4. The first-order chi connectivity index (χ1) is 9.97. The largest absolute Gasteiger partial charge is 0.388 e. The average molecular weight is 305 g/mol. The highest BCUT2D eigenvalue weighted by Gasteiger charge is 2.07. The number of nitrogens with one attached hydrogen (secondary N) is 1. The van der Waals surface area contributed by atoms with Crippen molar-refractivity contribution in [3.8, 4) is 0 Å². The van der Waals surface area contributed by atoms with Crippen LogP contribution in [0.15, 0.2) is 59.5 Å². The molecule has 1 atom stereocenters. The first kappa shape index (κ1) is 15.5. The van der Waals surface area contributed by atoms with Crippen LogP contribution in [0.3, 0.4) is 0 Å². The highest BCUT2D eigenvalue weighted by atomic mass is 32.2. The zero-order valence-electron chi connectivity index (χ0n) is 11.9. The fraction of sp³-hybridized carbons (Fsp3) is 0.250. The summed E-state index contributed by atoms with van der Waals surface area (Å²) in [5.74, 6) is 0. The maximum Gasteiger partial charge on any atom is 0.175 e. The van der Waals surface area contributed by atoms with Crippen LogP contribution in [-0.4, -0.2) is 26.3 Å². The van der Waals surface area contributed by atoms with Gasteiger partial charge in [-0.25, -0.2) is 8.42 Å². The van der Waals surface area contributed by atoms with E-state index in [0.29, 0.717) is 17.9 Å². The smallest absolute Gasteiger partial charge is 0.175 e. The van der Waals surface area contributed by atoms with Crippen molar-refractivity contribution in [2.24, 2.45) is 0 Å². The fourth-order valence-corrected chi connectivity index (χ4v) is 2.65. The lowest BCUT2D eigenvalue weighted by atomic mass is 10.1. The first-order valence-corrected chi connectivity index (χ1v) is 8.63. The van der Waals surface area contributed by atoms with Crippen LogP contribution in [0.2, 0.25) is 0 Å². The molecule has 0 fully saturated rings. The molecule has 2 aromatic rings. The predicted octanol–water partition coefficient (Wildman–Crippen LogP) is 2.63. The lowest BCUT2D eigenvalue weighted by molar-refractivity contribution is 0.171. The quantitative estimate of drug-likeness (QED) is 0.861. The van der Waals surface area contributed by atoms with Crippen LogP contribution in [-0.2, 0) is 9.84 Å². The van der Waals surface area contributed by atoms with E-state index in [-0.39, 0.29) is 0 Å². The van der Waals surface area contributed by atoms with Gasteiger partial charge in [-0.3, -0.25) is 0 Å². The zero-order chi connectivity index (χ0) is 15.3. The minimum Gasteiger partial charge on any atom is -0.388 e. The summed E-state index contributed by atoms with van der Waals surface area (Å²) in [4.78, 5) is 0.303. The molecule has 0 saturated heterocycles. The Morgan fingerprint density at radius 3 is 2.24 bits per heavy atom. The Bertz CT molecular complexity index is 666. The molecule has 0 radical (unpaired) electrons. The van der Waals surface area contributed by atoms with Gasteiger partial charge >= 0.3 is 0 Å². The van der Waals surface area contributed by atoms with E-state index in [4.69, 9.17) is 0 Å². The van der Waals surface area contributed by atoms with Crippen molar-refractivity contribution in [1.82, 2.24) is 0 Å². The Morgan fingerprint density at radius 2 is 1.67 bits per heavy atom. The van der Waals surface area contributed by atoms with E-state index < -0.39 is 15.9 Å². The van der Waals surface area contributed by atoms with Crippen molar-refractivity contribution in [3.05, 3.63) is 60.2 Å². The monoisotopic (exact) mass is 305 g/mol. The van der Waals surface area contributed by atoms with Gasteiger partial charge in [-0.15, -0.1) is 0 Å². The average Bonchev–Trinajstić information content (AvgIpc) is 2.47. The van der Waals surface area contributed by atoms with E-state index in [1.165, 1.54) is 6.26 Å². The van der Waals surface area contributed by atoms with E-state index >= 15 is 0 Å². The van der Waals surface area contributed by atoms with Crippen molar-refractivity contribution >= 4 is 15.5 Å². The second kappa shape index (κ2) is 6.74. The van der Waals surface area contributed by atoms with Crippen LogP contribution >= 0.6 is 0 Å². The first-order valence-electron chi connectivity index (χ1n) is 6.74. The van der Waals surface area contributed by atoms with Gasteiger partial charge in [-0.05, 0) is 36.2 Å². The molecule has 0 aliphatic carbocycles. The number of sulfone groups is 1. The van der Waals surface area contributed by atoms with Crippen LogP contribution < -0.4 is 5.32 Å². The molecule has 21 heavy (non-hydrogen) atoms. The standard InChI is InChI=1S/C16H19NO3S/c1-21(19,20)15-9-7-14(8-10-15)17-12-11-16(18)13-5-3-2-4-6-13/h2-10,16-18H,11-12H2,1H3. The van der Waals surface area contributed by atoms with Crippen LogP contribution in [0.5, 0.6) is 0 Å². The molecule has 2 N–H and O–H groups in total. The molecule has 1 unspecified atom stereocenters. The summed E-state index contributed by atoms with van der Waals surface area (Å²) < 4.78 is 22.7. The van der Waals surface area contributed by atoms with E-state index in [1.54, 1.807) is 24.3 Å². The zero-order valence-corrected chi connectivity index (χ0v) is 12.7. The third kappa shape index (κ3) is 4.58. The Morgan fingerprint density at radius 1 is 1.05 bits per heavy atom. The Kier molecular flexibility index (Phi) is 4.98. The summed E-state index contributed by atoms with van der Waals surface area (Å²) in [5.41, 5.74) is 1.73. The van der Waals surface area contributed by atoms with Gasteiger partial charge in [0.1, 0.15) is 0 Å². The highest BCUT2D eigenvalue weighted by molar-refractivity contribution is 7.90. The normalized spacial score (nSPS) is 12.9. The summed E-state index contributed by atoms with van der Waals surface area (Å²) >= 11 is 0. The molecule has 0 amide bonds. The minimum atomic E-state index is -3.16. The molecule has 2 aromatic carbocycles. The second-order valence-corrected chi connectivity index (χ2v) is 6.95. The molecule has 0 aromatic heterocycles. The fourth-order valence-electron chi connectivity index (χ4n) is 2.02. The summed E-state index contributed by atoms with van der Waals surface area (Å²) in [7, 11) is -3.16. The van der Waals surface area contributed by atoms with Gasteiger partial charge in [0.25, 0.3) is 0 Å². The van der Waals surface area contributed by atoms with Gasteiger partial charge in [0.15, 0.2) is 9.84 Å². The molecule has 0 aliphatic rings. The molecule has 2 rings (SSSR count). The summed E-state index contributed by atoms with van der Waals surface area (Å²) in [6.07, 6.45) is 1.26. The van der Waals surface area contributed by atoms with Gasteiger partial charge in [-0.1, -0.05) is 30.3 Å². The molecule has 0 aliphatic heterocycles. The van der Waals surface area contributed by atoms with Crippen LogP contribution in [0.25, 0.3) is 0 Å². The highest BCUT2D eigenvalue weighted by Crippen LogP contribution is 2.17. The Labute approximate surface area is 125 Å². The van der Waals surface area contributed by atoms with Crippen LogP contribution in [0, 0.1) is 0 Å². The van der Waals surface area contributed by atoms with E-state index in [2.05, 4.69) is 5.32 Å². The van der Waals surface area contributed by atoms with Crippen molar-refractivity contribution in [3.63, 3.8) is 0 Å². The van der Waals surface area contributed by atoms with Gasteiger partial charge in [0.05, 0.1) is 11.0 Å². The second-order valence-electron chi connectivity index (χ2n) is 4.94. The van der Waals surface area contributed by atoms with Gasteiger partial charge in [0, 0.05) is 18.5 Å². The number of aliphatic hydroxyl groups excluding tert-OH is 1. The van der Waals surface area contributed by atoms with E-state index in [0.717, 1.165) is 11.3 Å². The van der Waals surface area contributed by atoms with Gasteiger partial charge in [-0.2, -0.15) is 0 Å². The third-order valence-electron chi connectivity index (χ3n) is 3.21. The number of hydrogen-bond acceptors (Lipinski definition) is 4. The summed E-state index contributed by atoms with van der Waals surface area (Å²) in [6.45, 7) is 0.605. The Balaban J connectivity index is 1.86. The molecule has 0 bridgehead atoms. The minimum absolute atomic E-state index is 0.303. The topological polar surface area (TPSA) is 66.4 Å². The molecule has 0 spiro atoms. The molecule has 0 heterocycles. The number of hydrogen-bond donors (Lipinski definition) is 2. The lowest BCUT2D eigenvalue weighted by Crippen LogP contribution is -2.07. The Hall–Kier alpha value is -1.85. The van der Waals surface area contributed by atoms with Crippen molar-refractivity contribution in [2.45, 2.75) is 17.4 Å². The van der Waals surface area contributed by atoms with E-state index in [9.17, 15) is 13.5 Å². The summed E-state index contributed by atoms with van der Waals surface area (Å²) in [6, 6.07) is 16.1. The predicted molar refractivity (Wildman–Crippen MR) is 84.1 cm³/mol. The number of anilines is 1. The molecule has 112 valence electrons. The van der Waals surface area contributed by atoms with Crippen molar-refractivity contribution in [1.29, 1.82) is 0 Å². The van der Waals surface area contributed by atoms with Crippen LogP contribution in [0.1, 0.15) is 18.1 Å². The number of benzene rings is 2. The van der Waals surface area contributed by atoms with Crippen molar-refractivity contribution in [2.75, 3.05) is 18.1 Å². The maximum atomic E-state index is 11.4. The molecule has 0 saturated carbocycles. The number of aliphatic hydroxyl groups is 1.